The first-order valence-electron chi connectivity index (χ1n) is 7.40. The molecule has 124 valence electrons. The van der Waals surface area contributed by atoms with Gasteiger partial charge in [0.05, 0.1) is 6.42 Å². The van der Waals surface area contributed by atoms with Crippen molar-refractivity contribution in [3.8, 4) is 0 Å². The van der Waals surface area contributed by atoms with Gasteiger partial charge in [0.25, 0.3) is 0 Å². The van der Waals surface area contributed by atoms with E-state index < -0.39 is 29.5 Å². The Bertz CT molecular complexity index is 614. The molecule has 2 amide bonds. The van der Waals surface area contributed by atoms with Crippen molar-refractivity contribution in [3.63, 3.8) is 0 Å². The number of Topliss-reactive ketones (excluding diaryl/α,β-unsaturated/α-hetero) is 1. The van der Waals surface area contributed by atoms with Gasteiger partial charge < -0.3 is 11.1 Å². The van der Waals surface area contributed by atoms with Crippen molar-refractivity contribution in [2.24, 2.45) is 11.7 Å². The number of rotatable bonds is 5. The van der Waals surface area contributed by atoms with Gasteiger partial charge in [-0.15, -0.1) is 0 Å². The summed E-state index contributed by atoms with van der Waals surface area (Å²) in [5.74, 6) is -3.15. The summed E-state index contributed by atoms with van der Waals surface area (Å²) in [5, 5.41) is 2.48. The monoisotopic (exact) mass is 324 g/mol. The van der Waals surface area contributed by atoms with Gasteiger partial charge in [-0.3, -0.25) is 14.4 Å². The van der Waals surface area contributed by atoms with Crippen molar-refractivity contribution in [1.29, 1.82) is 0 Å². The minimum absolute atomic E-state index is 0.0361. The second kappa shape index (κ2) is 7.30. The van der Waals surface area contributed by atoms with Crippen LogP contribution in [0.3, 0.4) is 0 Å². The summed E-state index contributed by atoms with van der Waals surface area (Å²) in [5.41, 5.74) is 5.47. The predicted octanol–water partition coefficient (Wildman–Crippen LogP) is 1.24. The van der Waals surface area contributed by atoms with Crippen LogP contribution in [0, 0.1) is 17.6 Å². The molecule has 0 bridgehead atoms. The topological polar surface area (TPSA) is 89.3 Å². The number of nitrogens with two attached hydrogens (primary N) is 1. The van der Waals surface area contributed by atoms with E-state index in [0.717, 1.165) is 12.1 Å². The van der Waals surface area contributed by atoms with Gasteiger partial charge in [-0.05, 0) is 36.5 Å². The van der Waals surface area contributed by atoms with Gasteiger partial charge in [-0.1, -0.05) is 0 Å². The Balaban J connectivity index is 2.03. The smallest absolute Gasteiger partial charge is 0.240 e. The third-order valence-corrected chi connectivity index (χ3v) is 3.90. The van der Waals surface area contributed by atoms with E-state index in [9.17, 15) is 23.2 Å². The van der Waals surface area contributed by atoms with Crippen LogP contribution in [0.4, 0.5) is 8.78 Å². The lowest BCUT2D eigenvalue weighted by molar-refractivity contribution is -0.130. The Morgan fingerprint density at radius 2 is 1.91 bits per heavy atom. The Hall–Kier alpha value is -2.31. The molecule has 1 aromatic rings. The zero-order chi connectivity index (χ0) is 17.0. The van der Waals surface area contributed by atoms with Gasteiger partial charge in [0.2, 0.25) is 11.8 Å². The number of benzene rings is 1. The molecular formula is C16H18F2N2O3. The van der Waals surface area contributed by atoms with Gasteiger partial charge in [0.1, 0.15) is 23.5 Å². The molecule has 2 atom stereocenters. The lowest BCUT2D eigenvalue weighted by Crippen LogP contribution is -2.50. The highest BCUT2D eigenvalue weighted by molar-refractivity contribution is 5.89. The quantitative estimate of drug-likeness (QED) is 0.854. The number of ketones is 1. The SMILES string of the molecule is NC(=O)[C@@H](NC(=O)Cc1cc(F)cc(F)c1)[C@@H]1CCCC(=O)C1. The number of primary amides is 1. The van der Waals surface area contributed by atoms with Crippen LogP contribution in [-0.4, -0.2) is 23.6 Å². The van der Waals surface area contributed by atoms with Crippen molar-refractivity contribution in [2.75, 3.05) is 0 Å². The lowest BCUT2D eigenvalue weighted by atomic mass is 9.83. The van der Waals surface area contributed by atoms with Crippen LogP contribution in [-0.2, 0) is 20.8 Å². The number of carbonyl (C=O) groups excluding carboxylic acids is 3. The molecule has 1 aliphatic rings. The molecule has 0 unspecified atom stereocenters. The molecule has 3 N–H and O–H groups in total. The number of amides is 2. The summed E-state index contributed by atoms with van der Waals surface area (Å²) < 4.78 is 26.2. The molecule has 1 aliphatic carbocycles. The van der Waals surface area contributed by atoms with Crippen LogP contribution in [0.2, 0.25) is 0 Å². The van der Waals surface area contributed by atoms with Gasteiger partial charge in [-0.25, -0.2) is 8.78 Å². The average Bonchev–Trinajstić information content (AvgIpc) is 2.43. The largest absolute Gasteiger partial charge is 0.368 e. The second-order valence-electron chi connectivity index (χ2n) is 5.80. The summed E-state index contributed by atoms with van der Waals surface area (Å²) >= 11 is 0. The van der Waals surface area contributed by atoms with E-state index in [2.05, 4.69) is 5.32 Å². The van der Waals surface area contributed by atoms with Crippen LogP contribution >= 0.6 is 0 Å². The average molecular weight is 324 g/mol. The fraction of sp³-hybridized carbons (Fsp3) is 0.438. The number of hydrogen-bond acceptors (Lipinski definition) is 3. The Kier molecular flexibility index (Phi) is 5.41. The van der Waals surface area contributed by atoms with Crippen molar-refractivity contribution in [3.05, 3.63) is 35.4 Å². The molecule has 7 heteroatoms. The van der Waals surface area contributed by atoms with Crippen molar-refractivity contribution in [2.45, 2.75) is 38.1 Å². The summed E-state index contributed by atoms with van der Waals surface area (Å²) in [6.07, 6.45) is 1.66. The first kappa shape index (κ1) is 17.1. The van der Waals surface area contributed by atoms with Crippen LogP contribution in [0.5, 0.6) is 0 Å². The number of halogens is 2. The molecule has 0 saturated heterocycles. The first-order valence-corrected chi connectivity index (χ1v) is 7.40. The summed E-state index contributed by atoms with van der Waals surface area (Å²) in [7, 11) is 0. The van der Waals surface area contributed by atoms with E-state index in [0.29, 0.717) is 25.3 Å². The van der Waals surface area contributed by atoms with Gasteiger partial charge in [0, 0.05) is 18.9 Å². The number of nitrogens with one attached hydrogen (secondary N) is 1. The molecule has 0 aliphatic heterocycles. The molecular weight excluding hydrogens is 306 g/mol. The summed E-state index contributed by atoms with van der Waals surface area (Å²) in [6.45, 7) is 0. The minimum Gasteiger partial charge on any atom is -0.368 e. The second-order valence-corrected chi connectivity index (χ2v) is 5.80. The highest BCUT2D eigenvalue weighted by Crippen LogP contribution is 2.24. The third-order valence-electron chi connectivity index (χ3n) is 3.90. The van der Waals surface area contributed by atoms with Crippen molar-refractivity contribution in [1.82, 2.24) is 5.32 Å². The molecule has 1 aromatic carbocycles. The van der Waals surface area contributed by atoms with Crippen LogP contribution in [0.1, 0.15) is 31.2 Å². The van der Waals surface area contributed by atoms with Crippen molar-refractivity contribution >= 4 is 17.6 Å². The lowest BCUT2D eigenvalue weighted by Gasteiger charge is -2.28. The highest BCUT2D eigenvalue weighted by atomic mass is 19.1. The first-order chi connectivity index (χ1) is 10.8. The highest BCUT2D eigenvalue weighted by Gasteiger charge is 2.32. The summed E-state index contributed by atoms with van der Waals surface area (Å²) in [4.78, 5) is 35.1. The minimum atomic E-state index is -0.954. The molecule has 0 heterocycles. The maximum absolute atomic E-state index is 13.1. The molecule has 5 nitrogen and oxygen atoms in total. The molecule has 1 saturated carbocycles. The van der Waals surface area contributed by atoms with E-state index in [1.807, 2.05) is 0 Å². The molecule has 0 radical (unpaired) electrons. The van der Waals surface area contributed by atoms with E-state index in [-0.39, 0.29) is 30.1 Å². The maximum atomic E-state index is 13.1. The standard InChI is InChI=1S/C16H18F2N2O3/c17-11-4-9(5-12(18)8-11)6-14(22)20-15(16(19)23)10-2-1-3-13(21)7-10/h4-5,8,10,15H,1-3,6-7H2,(H2,19,23)(H,20,22)/t10-,15+/m1/s1. The molecule has 23 heavy (non-hydrogen) atoms. The van der Waals surface area contributed by atoms with Gasteiger partial charge in [0.15, 0.2) is 0 Å². The van der Waals surface area contributed by atoms with E-state index >= 15 is 0 Å². The van der Waals surface area contributed by atoms with Crippen molar-refractivity contribution < 1.29 is 23.2 Å². The predicted molar refractivity (Wildman–Crippen MR) is 78.2 cm³/mol. The maximum Gasteiger partial charge on any atom is 0.240 e. The van der Waals surface area contributed by atoms with E-state index in [1.54, 1.807) is 0 Å². The van der Waals surface area contributed by atoms with Gasteiger partial charge in [-0.2, -0.15) is 0 Å². The Labute approximate surface area is 132 Å². The van der Waals surface area contributed by atoms with Crippen LogP contribution < -0.4 is 11.1 Å². The Morgan fingerprint density at radius 3 is 2.48 bits per heavy atom. The number of hydrogen-bond donors (Lipinski definition) is 2. The van der Waals surface area contributed by atoms with Gasteiger partial charge >= 0.3 is 0 Å². The van der Waals surface area contributed by atoms with E-state index in [4.69, 9.17) is 5.73 Å². The Morgan fingerprint density at radius 1 is 1.26 bits per heavy atom. The fourth-order valence-electron chi connectivity index (χ4n) is 2.89. The molecule has 1 fully saturated rings. The molecule has 0 spiro atoms. The van der Waals surface area contributed by atoms with Crippen LogP contribution in [0.25, 0.3) is 0 Å². The third kappa shape index (κ3) is 4.84. The van der Waals surface area contributed by atoms with Crippen LogP contribution in [0.15, 0.2) is 18.2 Å². The normalized spacial score (nSPS) is 19.2. The number of carbonyl (C=O) groups is 3. The summed E-state index contributed by atoms with van der Waals surface area (Å²) in [6, 6.07) is 1.85. The molecule has 2 rings (SSSR count). The zero-order valence-electron chi connectivity index (χ0n) is 12.5. The van der Waals surface area contributed by atoms with E-state index in [1.165, 1.54) is 0 Å². The molecule has 0 aromatic heterocycles. The zero-order valence-corrected chi connectivity index (χ0v) is 12.5. The fourth-order valence-corrected chi connectivity index (χ4v) is 2.89.